The van der Waals surface area contributed by atoms with Gasteiger partial charge in [0.1, 0.15) is 12.0 Å². The Hall–Kier alpha value is -3.23. The maximum atomic E-state index is 10.8. The van der Waals surface area contributed by atoms with E-state index in [4.69, 9.17) is 5.73 Å². The lowest BCUT2D eigenvalue weighted by Crippen LogP contribution is -2.50. The van der Waals surface area contributed by atoms with Gasteiger partial charge in [-0.2, -0.15) is 0 Å². The molecule has 1 fully saturated rings. The van der Waals surface area contributed by atoms with Crippen LogP contribution >= 0.6 is 0 Å². The number of nitrogens with zero attached hydrogens (tertiary/aromatic N) is 4. The Morgan fingerprint density at radius 1 is 1.12 bits per heavy atom. The largest absolute Gasteiger partial charge is 0.508 e. The maximum Gasteiger partial charge on any atom is 0.227 e. The summed E-state index contributed by atoms with van der Waals surface area (Å²) in [5.41, 5.74) is 9.38. The number of rotatable bonds is 7. The molecule has 4 N–H and O–H groups in total. The quantitative estimate of drug-likeness (QED) is 0.487. The Balaban J connectivity index is 1.44. The SMILES string of the molecule is CC(C)c1c(O)ccc2cnc(Nc3ccc(N4CCN(CC(N)C=O)CC4)cc3)nc12. The molecule has 1 unspecified atom stereocenters. The van der Waals surface area contributed by atoms with Crippen molar-refractivity contribution in [2.75, 3.05) is 42.9 Å². The molecule has 8 nitrogen and oxygen atoms in total. The van der Waals surface area contributed by atoms with Crippen molar-refractivity contribution in [1.82, 2.24) is 14.9 Å². The summed E-state index contributed by atoms with van der Waals surface area (Å²) in [6.45, 7) is 8.26. The molecule has 1 saturated heterocycles. The zero-order valence-corrected chi connectivity index (χ0v) is 18.5. The standard InChI is InChI=1S/C24H30N6O2/c1-16(2)22-21(32)8-3-17-13-26-24(28-23(17)22)27-19-4-6-20(7-5-19)30-11-9-29(10-12-30)14-18(25)15-31/h3-8,13,15-16,18,32H,9-12,14,25H2,1-2H3,(H,26,27,28). The Morgan fingerprint density at radius 2 is 1.84 bits per heavy atom. The summed E-state index contributed by atoms with van der Waals surface area (Å²) in [7, 11) is 0. The van der Waals surface area contributed by atoms with E-state index >= 15 is 0 Å². The first-order valence-electron chi connectivity index (χ1n) is 11.0. The first-order valence-corrected chi connectivity index (χ1v) is 11.0. The molecule has 1 aromatic heterocycles. The van der Waals surface area contributed by atoms with Crippen molar-refractivity contribution in [3.63, 3.8) is 0 Å². The molecule has 1 aliphatic heterocycles. The molecule has 1 atom stereocenters. The van der Waals surface area contributed by atoms with Gasteiger partial charge >= 0.3 is 0 Å². The van der Waals surface area contributed by atoms with E-state index in [0.717, 1.165) is 60.3 Å². The number of hydrogen-bond acceptors (Lipinski definition) is 8. The van der Waals surface area contributed by atoms with E-state index in [-0.39, 0.29) is 11.7 Å². The minimum Gasteiger partial charge on any atom is -0.508 e. The fourth-order valence-electron chi connectivity index (χ4n) is 4.15. The van der Waals surface area contributed by atoms with E-state index in [1.54, 1.807) is 12.3 Å². The number of carbonyl (C=O) groups excluding carboxylic acids is 1. The van der Waals surface area contributed by atoms with Crippen molar-refractivity contribution in [3.8, 4) is 5.75 Å². The number of aromatic nitrogens is 2. The van der Waals surface area contributed by atoms with Crippen LogP contribution in [-0.4, -0.2) is 65.0 Å². The van der Waals surface area contributed by atoms with Crippen LogP contribution in [0, 0.1) is 0 Å². The molecule has 1 aliphatic rings. The summed E-state index contributed by atoms with van der Waals surface area (Å²) in [6, 6.07) is 11.3. The lowest BCUT2D eigenvalue weighted by molar-refractivity contribution is -0.109. The third-order valence-corrected chi connectivity index (χ3v) is 5.85. The maximum absolute atomic E-state index is 10.8. The summed E-state index contributed by atoms with van der Waals surface area (Å²) < 4.78 is 0. The van der Waals surface area contributed by atoms with Gasteiger partial charge in [0.05, 0.1) is 11.6 Å². The average molecular weight is 435 g/mol. The summed E-state index contributed by atoms with van der Waals surface area (Å²) >= 11 is 0. The number of piperazine rings is 1. The summed E-state index contributed by atoms with van der Waals surface area (Å²) in [5, 5.41) is 14.4. The first-order chi connectivity index (χ1) is 15.4. The minimum atomic E-state index is -0.412. The lowest BCUT2D eigenvalue weighted by atomic mass is 9.99. The second kappa shape index (κ2) is 9.50. The van der Waals surface area contributed by atoms with Gasteiger partial charge in [0.2, 0.25) is 5.95 Å². The van der Waals surface area contributed by atoms with Crippen LogP contribution in [0.1, 0.15) is 25.3 Å². The molecule has 0 amide bonds. The van der Waals surface area contributed by atoms with Gasteiger partial charge in [-0.25, -0.2) is 9.97 Å². The minimum absolute atomic E-state index is 0.148. The van der Waals surface area contributed by atoms with Gasteiger partial charge in [-0.05, 0) is 42.3 Å². The third kappa shape index (κ3) is 4.81. The Kier molecular flexibility index (Phi) is 6.53. The van der Waals surface area contributed by atoms with Crippen LogP contribution in [0.25, 0.3) is 10.9 Å². The molecule has 32 heavy (non-hydrogen) atoms. The number of fused-ring (bicyclic) bond motifs is 1. The van der Waals surface area contributed by atoms with E-state index in [1.807, 2.05) is 32.0 Å². The first kappa shape index (κ1) is 22.0. The molecule has 3 aromatic rings. The zero-order chi connectivity index (χ0) is 22.7. The van der Waals surface area contributed by atoms with Gasteiger partial charge in [-0.1, -0.05) is 13.8 Å². The van der Waals surface area contributed by atoms with E-state index in [1.165, 1.54) is 0 Å². The van der Waals surface area contributed by atoms with Crippen LogP contribution in [0.5, 0.6) is 5.75 Å². The zero-order valence-electron chi connectivity index (χ0n) is 18.5. The van der Waals surface area contributed by atoms with Gasteiger partial charge in [0, 0.05) is 61.2 Å². The highest BCUT2D eigenvalue weighted by Crippen LogP contribution is 2.32. The molecule has 8 heteroatoms. The number of carbonyl (C=O) groups is 1. The Morgan fingerprint density at radius 3 is 2.50 bits per heavy atom. The monoisotopic (exact) mass is 434 g/mol. The second-order valence-corrected chi connectivity index (χ2v) is 8.54. The topological polar surface area (TPSA) is 108 Å². The number of benzene rings is 2. The normalized spacial score (nSPS) is 15.8. The summed E-state index contributed by atoms with van der Waals surface area (Å²) in [6.07, 6.45) is 2.59. The number of aromatic hydroxyl groups is 1. The molecule has 2 heterocycles. The van der Waals surface area contributed by atoms with Crippen LogP contribution < -0.4 is 16.0 Å². The highest BCUT2D eigenvalue weighted by molar-refractivity contribution is 5.85. The lowest BCUT2D eigenvalue weighted by Gasteiger charge is -2.36. The molecule has 0 aliphatic carbocycles. The molecule has 4 rings (SSSR count). The van der Waals surface area contributed by atoms with E-state index in [0.29, 0.717) is 12.5 Å². The molecule has 0 spiro atoms. The summed E-state index contributed by atoms with van der Waals surface area (Å²) in [4.78, 5) is 24.4. The number of aldehydes is 1. The van der Waals surface area contributed by atoms with E-state index < -0.39 is 6.04 Å². The highest BCUT2D eigenvalue weighted by Gasteiger charge is 2.19. The predicted octanol–water partition coefficient (Wildman–Crippen LogP) is 2.85. The fourth-order valence-corrected chi connectivity index (χ4v) is 4.15. The van der Waals surface area contributed by atoms with Crippen molar-refractivity contribution in [2.45, 2.75) is 25.8 Å². The van der Waals surface area contributed by atoms with Crippen molar-refractivity contribution in [1.29, 1.82) is 0 Å². The van der Waals surface area contributed by atoms with Gasteiger partial charge < -0.3 is 25.9 Å². The number of hydrogen-bond donors (Lipinski definition) is 3. The van der Waals surface area contributed by atoms with Crippen LogP contribution in [0.3, 0.4) is 0 Å². The molecule has 2 aromatic carbocycles. The van der Waals surface area contributed by atoms with E-state index in [2.05, 4.69) is 37.2 Å². The average Bonchev–Trinajstić information content (AvgIpc) is 2.79. The number of phenols is 1. The molecular weight excluding hydrogens is 404 g/mol. The number of nitrogens with two attached hydrogens (primary N) is 1. The Labute approximate surface area is 188 Å². The number of anilines is 3. The van der Waals surface area contributed by atoms with Gasteiger partial charge in [-0.15, -0.1) is 0 Å². The van der Waals surface area contributed by atoms with Crippen LogP contribution in [0.2, 0.25) is 0 Å². The van der Waals surface area contributed by atoms with Gasteiger partial charge in [0.15, 0.2) is 0 Å². The van der Waals surface area contributed by atoms with Crippen molar-refractivity contribution < 1.29 is 9.90 Å². The molecule has 0 saturated carbocycles. The Bertz CT molecular complexity index is 1080. The summed E-state index contributed by atoms with van der Waals surface area (Å²) in [5.74, 6) is 0.906. The van der Waals surface area contributed by atoms with Crippen LogP contribution in [0.15, 0.2) is 42.6 Å². The predicted molar refractivity (Wildman–Crippen MR) is 128 cm³/mol. The van der Waals surface area contributed by atoms with Crippen molar-refractivity contribution >= 4 is 34.5 Å². The van der Waals surface area contributed by atoms with Crippen LogP contribution in [-0.2, 0) is 4.79 Å². The van der Waals surface area contributed by atoms with Crippen molar-refractivity contribution in [2.24, 2.45) is 5.73 Å². The van der Waals surface area contributed by atoms with Gasteiger partial charge in [-0.3, -0.25) is 4.90 Å². The van der Waals surface area contributed by atoms with Gasteiger partial charge in [0.25, 0.3) is 0 Å². The fraction of sp³-hybridized carbons (Fsp3) is 0.375. The molecule has 0 bridgehead atoms. The van der Waals surface area contributed by atoms with Crippen LogP contribution in [0.4, 0.5) is 17.3 Å². The smallest absolute Gasteiger partial charge is 0.227 e. The number of phenolic OH excluding ortho intramolecular Hbond substituents is 1. The number of nitrogens with one attached hydrogen (secondary N) is 1. The molecular formula is C24H30N6O2. The third-order valence-electron chi connectivity index (χ3n) is 5.85. The highest BCUT2D eigenvalue weighted by atomic mass is 16.3. The molecule has 168 valence electrons. The second-order valence-electron chi connectivity index (χ2n) is 8.54. The van der Waals surface area contributed by atoms with E-state index in [9.17, 15) is 9.90 Å². The van der Waals surface area contributed by atoms with Crippen molar-refractivity contribution in [3.05, 3.63) is 48.2 Å². The molecule has 0 radical (unpaired) electrons.